The molecule has 0 atom stereocenters. The standard InChI is InChI=1S/C15H18O4/c1-9(2)17-11-7-13(18-10(3)4)12-5-6-15(16)19-14(12)8-11/h5-10H,1-4H3. The van der Waals surface area contributed by atoms with Crippen molar-refractivity contribution < 1.29 is 13.9 Å². The Hall–Kier alpha value is -1.97. The van der Waals surface area contributed by atoms with Crippen molar-refractivity contribution in [1.29, 1.82) is 0 Å². The summed E-state index contributed by atoms with van der Waals surface area (Å²) in [5.41, 5.74) is 0.0889. The number of fused-ring (bicyclic) bond motifs is 1. The molecule has 4 heteroatoms. The van der Waals surface area contributed by atoms with E-state index < -0.39 is 0 Å². The second-order valence-electron chi connectivity index (χ2n) is 4.92. The third kappa shape index (κ3) is 3.28. The highest BCUT2D eigenvalue weighted by Crippen LogP contribution is 2.31. The van der Waals surface area contributed by atoms with Crippen molar-refractivity contribution in [3.63, 3.8) is 0 Å². The van der Waals surface area contributed by atoms with E-state index in [1.54, 1.807) is 12.1 Å². The van der Waals surface area contributed by atoms with Crippen LogP contribution in [0.5, 0.6) is 11.5 Å². The van der Waals surface area contributed by atoms with Crippen molar-refractivity contribution >= 4 is 11.0 Å². The highest BCUT2D eigenvalue weighted by atomic mass is 16.5. The predicted molar refractivity (Wildman–Crippen MR) is 74.0 cm³/mol. The van der Waals surface area contributed by atoms with Crippen LogP contribution in [0.4, 0.5) is 0 Å². The number of ether oxygens (including phenoxy) is 2. The van der Waals surface area contributed by atoms with E-state index >= 15 is 0 Å². The molecule has 0 saturated carbocycles. The molecule has 1 aromatic heterocycles. The zero-order valence-electron chi connectivity index (χ0n) is 11.6. The molecule has 0 aliphatic heterocycles. The molecule has 0 aliphatic rings. The second-order valence-corrected chi connectivity index (χ2v) is 4.92. The summed E-state index contributed by atoms with van der Waals surface area (Å²) in [7, 11) is 0. The van der Waals surface area contributed by atoms with E-state index in [0.717, 1.165) is 5.39 Å². The summed E-state index contributed by atoms with van der Waals surface area (Å²) >= 11 is 0. The van der Waals surface area contributed by atoms with E-state index in [1.807, 2.05) is 33.8 Å². The SMILES string of the molecule is CC(C)Oc1cc(OC(C)C)c2ccc(=O)oc2c1. The highest BCUT2D eigenvalue weighted by molar-refractivity contribution is 5.85. The molecule has 2 aromatic rings. The van der Waals surface area contributed by atoms with Crippen molar-refractivity contribution in [2.75, 3.05) is 0 Å². The molecule has 2 rings (SSSR count). The maximum atomic E-state index is 11.3. The first-order chi connectivity index (χ1) is 8.95. The third-order valence-electron chi connectivity index (χ3n) is 2.41. The molecule has 0 bridgehead atoms. The molecule has 1 heterocycles. The molecule has 19 heavy (non-hydrogen) atoms. The summed E-state index contributed by atoms with van der Waals surface area (Å²) in [6.07, 6.45) is 0.0733. The van der Waals surface area contributed by atoms with Crippen molar-refractivity contribution in [3.8, 4) is 11.5 Å². The Labute approximate surface area is 111 Å². The van der Waals surface area contributed by atoms with Gasteiger partial charge in [0, 0.05) is 18.2 Å². The first-order valence-corrected chi connectivity index (χ1v) is 6.37. The van der Waals surface area contributed by atoms with E-state index in [-0.39, 0.29) is 17.8 Å². The van der Waals surface area contributed by atoms with Crippen LogP contribution >= 0.6 is 0 Å². The molecule has 0 unspecified atom stereocenters. The first kappa shape index (κ1) is 13.5. The molecule has 0 spiro atoms. The second kappa shape index (κ2) is 5.34. The van der Waals surface area contributed by atoms with Crippen LogP contribution in [0.1, 0.15) is 27.7 Å². The fourth-order valence-corrected chi connectivity index (χ4v) is 1.81. The largest absolute Gasteiger partial charge is 0.491 e. The van der Waals surface area contributed by atoms with Crippen molar-refractivity contribution in [1.82, 2.24) is 0 Å². The molecular weight excluding hydrogens is 244 g/mol. The maximum Gasteiger partial charge on any atom is 0.336 e. The van der Waals surface area contributed by atoms with Gasteiger partial charge in [-0.15, -0.1) is 0 Å². The van der Waals surface area contributed by atoms with Gasteiger partial charge in [-0.2, -0.15) is 0 Å². The molecule has 0 aliphatic carbocycles. The van der Waals surface area contributed by atoms with Crippen LogP contribution in [0.15, 0.2) is 33.5 Å². The molecule has 0 N–H and O–H groups in total. The Morgan fingerprint density at radius 2 is 1.68 bits per heavy atom. The number of benzene rings is 1. The summed E-state index contributed by atoms with van der Waals surface area (Å²) < 4.78 is 16.6. The Bertz CT molecular complexity index is 626. The van der Waals surface area contributed by atoms with Gasteiger partial charge < -0.3 is 13.9 Å². The Kier molecular flexibility index (Phi) is 3.79. The van der Waals surface area contributed by atoms with E-state index in [9.17, 15) is 4.79 Å². The molecule has 0 amide bonds. The van der Waals surface area contributed by atoms with E-state index in [1.165, 1.54) is 6.07 Å². The Balaban J connectivity index is 2.58. The highest BCUT2D eigenvalue weighted by Gasteiger charge is 2.11. The van der Waals surface area contributed by atoms with Crippen LogP contribution in [0.2, 0.25) is 0 Å². The van der Waals surface area contributed by atoms with E-state index in [0.29, 0.717) is 17.1 Å². The summed E-state index contributed by atoms with van der Waals surface area (Å²) in [6, 6.07) is 6.63. The molecular formula is C15H18O4. The predicted octanol–water partition coefficient (Wildman–Crippen LogP) is 3.37. The summed E-state index contributed by atoms with van der Waals surface area (Å²) in [6.45, 7) is 7.77. The van der Waals surface area contributed by atoms with Gasteiger partial charge in [0.2, 0.25) is 0 Å². The molecule has 0 radical (unpaired) electrons. The van der Waals surface area contributed by atoms with Gasteiger partial charge in [0.1, 0.15) is 17.1 Å². The van der Waals surface area contributed by atoms with Gasteiger partial charge in [-0.1, -0.05) is 0 Å². The summed E-state index contributed by atoms with van der Waals surface area (Å²) in [5.74, 6) is 1.29. The minimum atomic E-state index is -0.385. The number of hydrogen-bond donors (Lipinski definition) is 0. The zero-order valence-corrected chi connectivity index (χ0v) is 11.6. The molecule has 4 nitrogen and oxygen atoms in total. The van der Waals surface area contributed by atoms with Gasteiger partial charge in [0.05, 0.1) is 17.6 Å². The number of hydrogen-bond acceptors (Lipinski definition) is 4. The van der Waals surface area contributed by atoms with Gasteiger partial charge in [-0.25, -0.2) is 4.79 Å². The van der Waals surface area contributed by atoms with Gasteiger partial charge in [0.25, 0.3) is 0 Å². The molecule has 0 fully saturated rings. The number of rotatable bonds is 4. The van der Waals surface area contributed by atoms with Crippen LogP contribution in [-0.4, -0.2) is 12.2 Å². The van der Waals surface area contributed by atoms with Gasteiger partial charge in [-0.3, -0.25) is 0 Å². The first-order valence-electron chi connectivity index (χ1n) is 6.37. The van der Waals surface area contributed by atoms with Crippen LogP contribution in [0.25, 0.3) is 11.0 Å². The normalized spacial score (nSPS) is 11.3. The Morgan fingerprint density at radius 1 is 1.00 bits per heavy atom. The maximum absolute atomic E-state index is 11.3. The fraction of sp³-hybridized carbons (Fsp3) is 0.400. The van der Waals surface area contributed by atoms with Crippen LogP contribution in [0, 0.1) is 0 Å². The lowest BCUT2D eigenvalue weighted by molar-refractivity contribution is 0.231. The fourth-order valence-electron chi connectivity index (χ4n) is 1.81. The Morgan fingerprint density at radius 3 is 2.32 bits per heavy atom. The zero-order chi connectivity index (χ0) is 14.0. The molecule has 1 aromatic carbocycles. The van der Waals surface area contributed by atoms with Crippen molar-refractivity contribution in [2.24, 2.45) is 0 Å². The minimum absolute atomic E-state index is 0.0319. The monoisotopic (exact) mass is 262 g/mol. The smallest absolute Gasteiger partial charge is 0.336 e. The van der Waals surface area contributed by atoms with Gasteiger partial charge in [0.15, 0.2) is 0 Å². The van der Waals surface area contributed by atoms with Crippen LogP contribution in [0.3, 0.4) is 0 Å². The van der Waals surface area contributed by atoms with Gasteiger partial charge in [-0.05, 0) is 33.8 Å². The minimum Gasteiger partial charge on any atom is -0.491 e. The quantitative estimate of drug-likeness (QED) is 0.793. The van der Waals surface area contributed by atoms with Crippen molar-refractivity contribution in [2.45, 2.75) is 39.9 Å². The van der Waals surface area contributed by atoms with E-state index in [2.05, 4.69) is 0 Å². The molecule has 0 saturated heterocycles. The molecule has 102 valence electrons. The van der Waals surface area contributed by atoms with Crippen LogP contribution < -0.4 is 15.1 Å². The lowest BCUT2D eigenvalue weighted by Crippen LogP contribution is -2.09. The third-order valence-corrected chi connectivity index (χ3v) is 2.41. The lowest BCUT2D eigenvalue weighted by Gasteiger charge is -2.15. The average Bonchev–Trinajstić information content (AvgIpc) is 2.26. The van der Waals surface area contributed by atoms with Gasteiger partial charge >= 0.3 is 5.63 Å². The van der Waals surface area contributed by atoms with Crippen molar-refractivity contribution in [3.05, 3.63) is 34.7 Å². The van der Waals surface area contributed by atoms with E-state index in [4.69, 9.17) is 13.9 Å². The summed E-state index contributed by atoms with van der Waals surface area (Å²) in [4.78, 5) is 11.3. The topological polar surface area (TPSA) is 48.7 Å². The summed E-state index contributed by atoms with van der Waals surface area (Å²) in [5, 5.41) is 0.768. The average molecular weight is 262 g/mol. The van der Waals surface area contributed by atoms with Crippen LogP contribution in [-0.2, 0) is 0 Å². The lowest BCUT2D eigenvalue weighted by atomic mass is 10.2.